The quantitative estimate of drug-likeness (QED) is 0.173. The molecule has 5 unspecified atom stereocenters. The van der Waals surface area contributed by atoms with E-state index >= 15 is 0 Å². The molecule has 0 aliphatic carbocycles. The predicted octanol–water partition coefficient (Wildman–Crippen LogP) is -2.28. The number of primary amides is 1. The Bertz CT molecular complexity index is 600. The molecule has 0 rings (SSSR count). The molecule has 0 radical (unpaired) electrons. The second-order valence-corrected chi connectivity index (χ2v) is 6.84. The average Bonchev–Trinajstić information content (AvgIpc) is 2.61. The molecule has 28 heavy (non-hydrogen) atoms. The number of hydrogen-bond acceptors (Lipinski definition) is 7. The molecule has 0 aliphatic rings. The first-order valence-corrected chi connectivity index (χ1v) is 9.36. The summed E-state index contributed by atoms with van der Waals surface area (Å²) in [6.07, 6.45) is -0.0182. The zero-order valence-corrected chi connectivity index (χ0v) is 17.0. The van der Waals surface area contributed by atoms with Gasteiger partial charge in [-0.15, -0.1) is 0 Å². The van der Waals surface area contributed by atoms with Crippen molar-refractivity contribution in [3.63, 3.8) is 0 Å². The van der Waals surface area contributed by atoms with Crippen LogP contribution in [0.4, 0.5) is 0 Å². The number of thiol groups is 1. The smallest absolute Gasteiger partial charge is 0.327 e. The molecule has 0 saturated carbocycles. The lowest BCUT2D eigenvalue weighted by Crippen LogP contribution is -2.59. The number of hydrogen-bond donors (Lipinski definition) is 7. The molecule has 0 aromatic heterocycles. The molecule has 160 valence electrons. The van der Waals surface area contributed by atoms with Gasteiger partial charge in [-0.3, -0.25) is 19.2 Å². The van der Waals surface area contributed by atoms with Crippen LogP contribution in [0.3, 0.4) is 0 Å². The highest BCUT2D eigenvalue weighted by Gasteiger charge is 2.32. The largest absolute Gasteiger partial charge is 0.480 e. The second-order valence-electron chi connectivity index (χ2n) is 6.47. The Morgan fingerprint density at radius 2 is 1.50 bits per heavy atom. The summed E-state index contributed by atoms with van der Waals surface area (Å²) in [5.41, 5.74) is 10.6. The maximum Gasteiger partial charge on any atom is 0.327 e. The van der Waals surface area contributed by atoms with Gasteiger partial charge in [-0.25, -0.2) is 4.79 Å². The van der Waals surface area contributed by atoms with Crippen LogP contribution in [-0.4, -0.2) is 64.6 Å². The summed E-state index contributed by atoms with van der Waals surface area (Å²) >= 11 is 3.83. The van der Waals surface area contributed by atoms with E-state index in [4.69, 9.17) is 16.6 Å². The Hall–Kier alpha value is -2.34. The zero-order valence-electron chi connectivity index (χ0n) is 16.1. The molecule has 0 bridgehead atoms. The second kappa shape index (κ2) is 12.2. The monoisotopic (exact) mass is 419 g/mol. The average molecular weight is 420 g/mol. The van der Waals surface area contributed by atoms with Crippen LogP contribution >= 0.6 is 12.6 Å². The van der Waals surface area contributed by atoms with Crippen LogP contribution in [0, 0.1) is 5.92 Å². The number of nitrogens with one attached hydrogen (secondary N) is 3. The summed E-state index contributed by atoms with van der Waals surface area (Å²) in [6.45, 7) is 4.98. The van der Waals surface area contributed by atoms with Crippen molar-refractivity contribution in [1.82, 2.24) is 16.0 Å². The van der Waals surface area contributed by atoms with E-state index in [-0.39, 0.29) is 11.7 Å². The number of rotatable bonds is 12. The molecular formula is C16H29N5O6S. The fraction of sp³-hybridized carbons (Fsp3) is 0.688. The number of carboxylic acids is 1. The van der Waals surface area contributed by atoms with Crippen LogP contribution in [0.15, 0.2) is 0 Å². The standard InChI is InChI=1S/C16H29N5O6S/c1-4-7(2)12(21-13(23)8(3)17)15(25)19-9(5-11(18)22)14(24)20-10(6-28)16(26)27/h7-10,12,28H,4-6,17H2,1-3H3,(H2,18,22)(H,19,25)(H,20,24)(H,21,23)(H,26,27). The Morgan fingerprint density at radius 3 is 1.89 bits per heavy atom. The van der Waals surface area contributed by atoms with E-state index in [2.05, 4.69) is 28.6 Å². The van der Waals surface area contributed by atoms with E-state index in [1.165, 1.54) is 6.92 Å². The molecule has 8 N–H and O–H groups in total. The van der Waals surface area contributed by atoms with Crippen molar-refractivity contribution >= 4 is 42.2 Å². The third kappa shape index (κ3) is 8.57. The summed E-state index contributed by atoms with van der Waals surface area (Å²) in [5.74, 6) is -4.88. The molecule has 12 heteroatoms. The highest BCUT2D eigenvalue weighted by Crippen LogP contribution is 2.09. The first-order chi connectivity index (χ1) is 12.9. The topological polar surface area (TPSA) is 194 Å². The van der Waals surface area contributed by atoms with Crippen molar-refractivity contribution in [2.45, 2.75) is 57.8 Å². The third-order valence-electron chi connectivity index (χ3n) is 4.04. The molecule has 0 aromatic rings. The number of aliphatic carboxylic acids is 1. The van der Waals surface area contributed by atoms with Crippen molar-refractivity contribution in [3.8, 4) is 0 Å². The van der Waals surface area contributed by atoms with Crippen molar-refractivity contribution in [2.75, 3.05) is 5.75 Å². The van der Waals surface area contributed by atoms with E-state index < -0.39 is 60.2 Å². The molecule has 0 aromatic carbocycles. The third-order valence-corrected chi connectivity index (χ3v) is 4.41. The van der Waals surface area contributed by atoms with Gasteiger partial charge in [0.25, 0.3) is 0 Å². The SMILES string of the molecule is CCC(C)C(NC(=O)C(C)N)C(=O)NC(CC(N)=O)C(=O)NC(CS)C(=O)O. The van der Waals surface area contributed by atoms with Crippen molar-refractivity contribution in [2.24, 2.45) is 17.4 Å². The van der Waals surface area contributed by atoms with E-state index in [1.54, 1.807) is 13.8 Å². The minimum Gasteiger partial charge on any atom is -0.480 e. The molecule has 0 fully saturated rings. The van der Waals surface area contributed by atoms with Crippen molar-refractivity contribution in [1.29, 1.82) is 0 Å². The van der Waals surface area contributed by atoms with Gasteiger partial charge in [0.05, 0.1) is 12.5 Å². The van der Waals surface area contributed by atoms with Gasteiger partial charge < -0.3 is 32.5 Å². The molecule has 0 spiro atoms. The normalized spacial score (nSPS) is 16.0. The van der Waals surface area contributed by atoms with Gasteiger partial charge >= 0.3 is 5.97 Å². The fourth-order valence-electron chi connectivity index (χ4n) is 2.12. The van der Waals surface area contributed by atoms with E-state index in [9.17, 15) is 24.0 Å². The van der Waals surface area contributed by atoms with Crippen LogP contribution in [0.1, 0.15) is 33.6 Å². The summed E-state index contributed by atoms with van der Waals surface area (Å²) in [7, 11) is 0. The molecule has 4 amide bonds. The first-order valence-electron chi connectivity index (χ1n) is 8.73. The van der Waals surface area contributed by atoms with Crippen LogP contribution in [0.25, 0.3) is 0 Å². The number of amides is 4. The molecule has 5 atom stereocenters. The van der Waals surface area contributed by atoms with Crippen molar-refractivity contribution in [3.05, 3.63) is 0 Å². The zero-order chi connectivity index (χ0) is 22.0. The maximum atomic E-state index is 12.7. The molecule has 0 aliphatic heterocycles. The number of nitrogens with two attached hydrogens (primary N) is 2. The lowest BCUT2D eigenvalue weighted by atomic mass is 9.97. The number of carbonyl (C=O) groups excluding carboxylic acids is 4. The highest BCUT2D eigenvalue weighted by molar-refractivity contribution is 7.80. The Balaban J connectivity index is 5.42. The van der Waals surface area contributed by atoms with E-state index in [0.29, 0.717) is 6.42 Å². The summed E-state index contributed by atoms with van der Waals surface area (Å²) < 4.78 is 0. The van der Waals surface area contributed by atoms with Crippen molar-refractivity contribution < 1.29 is 29.1 Å². The lowest BCUT2D eigenvalue weighted by molar-refractivity contribution is -0.141. The molecular weight excluding hydrogens is 390 g/mol. The van der Waals surface area contributed by atoms with Gasteiger partial charge in [-0.1, -0.05) is 20.3 Å². The number of carbonyl (C=O) groups is 5. The maximum absolute atomic E-state index is 12.7. The van der Waals surface area contributed by atoms with Crippen LogP contribution in [-0.2, 0) is 24.0 Å². The van der Waals surface area contributed by atoms with Gasteiger partial charge in [0.1, 0.15) is 18.1 Å². The van der Waals surface area contributed by atoms with Crippen LogP contribution < -0.4 is 27.4 Å². The molecule has 0 heterocycles. The van der Waals surface area contributed by atoms with Gasteiger partial charge in [0, 0.05) is 5.75 Å². The summed E-state index contributed by atoms with van der Waals surface area (Å²) in [5, 5.41) is 16.0. The predicted molar refractivity (Wildman–Crippen MR) is 104 cm³/mol. The summed E-state index contributed by atoms with van der Waals surface area (Å²) in [6, 6.07) is -4.58. The minimum atomic E-state index is -1.41. The first kappa shape index (κ1) is 25.7. The Morgan fingerprint density at radius 1 is 0.964 bits per heavy atom. The van der Waals surface area contributed by atoms with E-state index in [0.717, 1.165) is 0 Å². The van der Waals surface area contributed by atoms with Gasteiger partial charge in [0.2, 0.25) is 23.6 Å². The summed E-state index contributed by atoms with van der Waals surface area (Å²) in [4.78, 5) is 59.2. The Kier molecular flexibility index (Phi) is 11.2. The van der Waals surface area contributed by atoms with Gasteiger partial charge in [0.15, 0.2) is 0 Å². The number of carboxylic acid groups (broad SMARTS) is 1. The van der Waals surface area contributed by atoms with Gasteiger partial charge in [-0.05, 0) is 12.8 Å². The Labute approximate surface area is 168 Å². The van der Waals surface area contributed by atoms with Crippen LogP contribution in [0.5, 0.6) is 0 Å². The van der Waals surface area contributed by atoms with E-state index in [1.807, 2.05) is 0 Å². The molecule has 11 nitrogen and oxygen atoms in total. The highest BCUT2D eigenvalue weighted by atomic mass is 32.1. The fourth-order valence-corrected chi connectivity index (χ4v) is 2.36. The lowest BCUT2D eigenvalue weighted by Gasteiger charge is -2.27. The minimum absolute atomic E-state index is 0.196. The molecule has 0 saturated heterocycles. The van der Waals surface area contributed by atoms with Crippen LogP contribution in [0.2, 0.25) is 0 Å². The van der Waals surface area contributed by atoms with Gasteiger partial charge in [-0.2, -0.15) is 12.6 Å².